The summed E-state index contributed by atoms with van der Waals surface area (Å²) in [6, 6.07) is 153. The molecule has 0 bridgehead atoms. The molecule has 0 amide bonds. The first-order valence-corrected chi connectivity index (χ1v) is 39.1. The average molecular weight is 1430 g/mol. The molecule has 0 saturated carbocycles. The lowest BCUT2D eigenvalue weighted by Gasteiger charge is -2.46. The Kier molecular flexibility index (Phi) is 16.2. The highest BCUT2D eigenvalue weighted by Crippen LogP contribution is 2.56. The molecule has 4 heterocycles. The highest BCUT2D eigenvalue weighted by Gasteiger charge is 2.49. The minimum atomic E-state index is -0.219. The van der Waals surface area contributed by atoms with Crippen LogP contribution in [0.5, 0.6) is 0 Å². The first-order valence-electron chi connectivity index (χ1n) is 38.3. The molecule has 8 heteroatoms. The second kappa shape index (κ2) is 27.5. The highest BCUT2D eigenvalue weighted by atomic mass is 32.2. The second-order valence-electron chi connectivity index (χ2n) is 29.0. The standard InChI is InChI=1S/C103H71B2N5S/c1-70-36-33-55-82(71-37-11-2-12-38-71)101(70)110-93-69-97-90(68-89(93)104-87-60-29-31-62-91(87)108(79-53-27-10-28-54-79)94-64-80(65-95(110)99(94)104)106(76-47-21-7-22-48-76)77-49-23-8-24-50-77)105-88-61-30-32-63-92(88)109(103-85(74-43-17-5-18-44-74)58-35-59-86(103)75-45-19-6-20-46-75)96-66-81(67-98(111-97)100(96)105)107(78-51-25-9-26-52-78)102-83(72-39-13-3-14-40-72)56-34-57-84(102)73-41-15-4-16-42-73/h2-69H,1H3. The van der Waals surface area contributed by atoms with E-state index in [0.29, 0.717) is 0 Å². The maximum Gasteiger partial charge on any atom is 0.252 e. The number of aryl methyl sites for hydroxylation is 1. The molecule has 0 N–H and O–H groups in total. The van der Waals surface area contributed by atoms with Crippen LogP contribution in [-0.2, 0) is 0 Å². The number of fused-ring (bicyclic) bond motifs is 8. The molecule has 4 aliphatic rings. The van der Waals surface area contributed by atoms with Crippen molar-refractivity contribution < 1.29 is 0 Å². The van der Waals surface area contributed by atoms with E-state index in [-0.39, 0.29) is 13.4 Å². The summed E-state index contributed by atoms with van der Waals surface area (Å²) in [7, 11) is 0. The van der Waals surface area contributed by atoms with Gasteiger partial charge in [-0.15, -0.1) is 0 Å². The Morgan fingerprint density at radius 2 is 0.595 bits per heavy atom. The summed E-state index contributed by atoms with van der Waals surface area (Å²) in [6.07, 6.45) is 0. The van der Waals surface area contributed by atoms with Gasteiger partial charge in [0.2, 0.25) is 6.71 Å². The van der Waals surface area contributed by atoms with Gasteiger partial charge >= 0.3 is 0 Å². The molecule has 0 atom stereocenters. The molecule has 0 aliphatic carbocycles. The predicted molar refractivity (Wildman–Crippen MR) is 472 cm³/mol. The molecule has 0 aromatic heterocycles. The fraction of sp³-hybridized carbons (Fsp3) is 0.00971. The highest BCUT2D eigenvalue weighted by molar-refractivity contribution is 8.00. The molecule has 5 nitrogen and oxygen atoms in total. The Labute approximate surface area is 653 Å². The molecule has 0 fully saturated rings. The van der Waals surface area contributed by atoms with Crippen LogP contribution in [0.1, 0.15) is 5.56 Å². The molecule has 0 unspecified atom stereocenters. The molecule has 17 aromatic rings. The zero-order valence-electron chi connectivity index (χ0n) is 61.1. The van der Waals surface area contributed by atoms with Crippen molar-refractivity contribution in [3.63, 3.8) is 0 Å². The first kappa shape index (κ1) is 65.5. The molecule has 0 spiro atoms. The predicted octanol–water partition coefficient (Wildman–Crippen LogP) is 24.1. The van der Waals surface area contributed by atoms with Gasteiger partial charge in [-0.3, -0.25) is 0 Å². The van der Waals surface area contributed by atoms with Crippen molar-refractivity contribution in [1.82, 2.24) is 0 Å². The number of rotatable bonds is 14. The van der Waals surface area contributed by atoms with E-state index in [2.05, 4.69) is 444 Å². The van der Waals surface area contributed by atoms with Crippen LogP contribution in [-0.4, -0.2) is 13.4 Å². The minimum Gasteiger partial charge on any atom is -0.311 e. The van der Waals surface area contributed by atoms with Gasteiger partial charge in [0.25, 0.3) is 6.71 Å². The largest absolute Gasteiger partial charge is 0.311 e. The van der Waals surface area contributed by atoms with Gasteiger partial charge in [-0.1, -0.05) is 339 Å². The fourth-order valence-electron chi connectivity index (χ4n) is 18.1. The molecule has 520 valence electrons. The van der Waals surface area contributed by atoms with Crippen LogP contribution in [0, 0.1) is 6.92 Å². The Balaban J connectivity index is 0.886. The van der Waals surface area contributed by atoms with Crippen molar-refractivity contribution in [2.75, 3.05) is 24.5 Å². The van der Waals surface area contributed by atoms with E-state index in [4.69, 9.17) is 0 Å². The summed E-state index contributed by atoms with van der Waals surface area (Å²) < 4.78 is 0. The first-order chi connectivity index (χ1) is 55.1. The minimum absolute atomic E-state index is 0.208. The van der Waals surface area contributed by atoms with Gasteiger partial charge in [-0.2, -0.15) is 0 Å². The van der Waals surface area contributed by atoms with Gasteiger partial charge in [0.1, 0.15) is 0 Å². The summed E-state index contributed by atoms with van der Waals surface area (Å²) in [6.45, 7) is 1.88. The van der Waals surface area contributed by atoms with Gasteiger partial charge < -0.3 is 24.5 Å². The van der Waals surface area contributed by atoms with E-state index >= 15 is 0 Å². The van der Waals surface area contributed by atoms with E-state index in [1.165, 1.54) is 48.1 Å². The van der Waals surface area contributed by atoms with Crippen LogP contribution < -0.4 is 57.3 Å². The van der Waals surface area contributed by atoms with Crippen molar-refractivity contribution in [2.24, 2.45) is 0 Å². The van der Waals surface area contributed by atoms with Gasteiger partial charge in [0.15, 0.2) is 0 Å². The van der Waals surface area contributed by atoms with Gasteiger partial charge in [-0.05, 0) is 159 Å². The number of para-hydroxylation sites is 9. The zero-order valence-corrected chi connectivity index (χ0v) is 61.9. The van der Waals surface area contributed by atoms with Gasteiger partial charge in [0, 0.05) is 100 Å². The molecule has 4 aliphatic heterocycles. The molecular formula is C103H71B2N5S. The van der Waals surface area contributed by atoms with Crippen LogP contribution in [0.3, 0.4) is 0 Å². The summed E-state index contributed by atoms with van der Waals surface area (Å²) in [4.78, 5) is 15.3. The molecule has 0 saturated heterocycles. The topological polar surface area (TPSA) is 16.2 Å². The molecule has 111 heavy (non-hydrogen) atoms. The van der Waals surface area contributed by atoms with Gasteiger partial charge in [-0.25, -0.2) is 0 Å². The number of hydrogen-bond acceptors (Lipinski definition) is 6. The smallest absolute Gasteiger partial charge is 0.252 e. The molecular weight excluding hydrogens is 1360 g/mol. The third-order valence-electron chi connectivity index (χ3n) is 22.7. The number of anilines is 15. The number of benzene rings is 17. The lowest BCUT2D eigenvalue weighted by atomic mass is 9.31. The average Bonchev–Trinajstić information content (AvgIpc) is 0.683. The molecule has 17 aromatic carbocycles. The second-order valence-corrected chi connectivity index (χ2v) is 30.1. The van der Waals surface area contributed by atoms with E-state index < -0.39 is 0 Å². The van der Waals surface area contributed by atoms with E-state index in [1.807, 2.05) is 11.8 Å². The van der Waals surface area contributed by atoms with E-state index in [0.717, 1.165) is 141 Å². The molecule has 21 rings (SSSR count). The third kappa shape index (κ3) is 11.0. The summed E-state index contributed by atoms with van der Waals surface area (Å²) >= 11 is 1.92. The van der Waals surface area contributed by atoms with Crippen molar-refractivity contribution in [3.05, 3.63) is 418 Å². The lowest BCUT2D eigenvalue weighted by Crippen LogP contribution is -2.64. The van der Waals surface area contributed by atoms with Crippen LogP contribution >= 0.6 is 11.8 Å². The van der Waals surface area contributed by atoms with Crippen molar-refractivity contribution in [1.29, 1.82) is 0 Å². The third-order valence-corrected chi connectivity index (χ3v) is 23.9. The van der Waals surface area contributed by atoms with Crippen molar-refractivity contribution in [3.8, 4) is 55.6 Å². The SMILES string of the molecule is Cc1cccc(-c2ccccc2)c1N1c2cc3c(cc2B2c4ccccc4N(c4ccccc4)c4cc(N(c5ccccc5)c5ccccc5)cc1c42)B1c2ccccc2N(c2c(-c4ccccc4)cccc2-c2ccccc2)c2cc(N(c4ccccc4)c4c(-c5ccccc5)cccc4-c4ccccc4)cc(c21)S3. The zero-order chi connectivity index (χ0) is 73.5. The quantitative estimate of drug-likeness (QED) is 0.100. The van der Waals surface area contributed by atoms with E-state index in [9.17, 15) is 0 Å². The van der Waals surface area contributed by atoms with E-state index in [1.54, 1.807) is 0 Å². The Bertz CT molecular complexity index is 6240. The Morgan fingerprint density at radius 3 is 1.09 bits per heavy atom. The monoisotopic (exact) mass is 1430 g/mol. The van der Waals surface area contributed by atoms with Crippen LogP contribution in [0.4, 0.5) is 85.3 Å². The Hall–Kier alpha value is -13.8. The van der Waals surface area contributed by atoms with Crippen LogP contribution in [0.15, 0.2) is 422 Å². The normalized spacial score (nSPS) is 12.6. The van der Waals surface area contributed by atoms with Gasteiger partial charge in [0.05, 0.1) is 22.7 Å². The maximum atomic E-state index is 2.68. The van der Waals surface area contributed by atoms with Crippen molar-refractivity contribution in [2.45, 2.75) is 16.7 Å². The summed E-state index contributed by atoms with van der Waals surface area (Å²) in [5, 5.41) is 0. The Morgan fingerprint density at radius 1 is 0.234 bits per heavy atom. The number of hydrogen-bond donors (Lipinski definition) is 0. The lowest BCUT2D eigenvalue weighted by molar-refractivity contribution is 1.21. The van der Waals surface area contributed by atoms with Crippen molar-refractivity contribution >= 4 is 143 Å². The van der Waals surface area contributed by atoms with Crippen LogP contribution in [0.2, 0.25) is 0 Å². The number of nitrogens with zero attached hydrogens (tertiary/aromatic N) is 5. The van der Waals surface area contributed by atoms with Crippen LogP contribution in [0.25, 0.3) is 55.6 Å². The summed E-state index contributed by atoms with van der Waals surface area (Å²) in [5.74, 6) is 0. The fourth-order valence-corrected chi connectivity index (χ4v) is 19.3. The summed E-state index contributed by atoms with van der Waals surface area (Å²) in [5.41, 5.74) is 36.6. The maximum absolute atomic E-state index is 2.68. The molecule has 0 radical (unpaired) electrons.